The molecule has 0 aromatic heterocycles. The van der Waals surface area contributed by atoms with Gasteiger partial charge in [-0.1, -0.05) is 29.8 Å². The molecule has 0 saturated heterocycles. The molecule has 0 amide bonds. The van der Waals surface area contributed by atoms with Crippen LogP contribution in [0.2, 0.25) is 5.02 Å². The van der Waals surface area contributed by atoms with Gasteiger partial charge in [0.25, 0.3) is 0 Å². The minimum absolute atomic E-state index is 0.0313. The van der Waals surface area contributed by atoms with Gasteiger partial charge in [0.15, 0.2) is 11.6 Å². The second-order valence-corrected chi connectivity index (χ2v) is 4.51. The largest absolute Gasteiger partial charge is 0.388 e. The molecule has 0 aliphatic carbocycles. The van der Waals surface area contributed by atoms with Gasteiger partial charge in [0.1, 0.15) is 5.82 Å². The Morgan fingerprint density at radius 2 is 1.63 bits per heavy atom. The van der Waals surface area contributed by atoms with Gasteiger partial charge in [-0.3, -0.25) is 0 Å². The molecule has 0 aliphatic heterocycles. The molecule has 1 N–H and O–H groups in total. The van der Waals surface area contributed by atoms with Gasteiger partial charge in [-0.15, -0.1) is 0 Å². The number of hydrogen-bond acceptors (Lipinski definition) is 1. The fourth-order valence-electron chi connectivity index (χ4n) is 1.78. The predicted molar refractivity (Wildman–Crippen MR) is 66.4 cm³/mol. The Hall–Kier alpha value is -1.52. The van der Waals surface area contributed by atoms with Crippen LogP contribution < -0.4 is 0 Å². The van der Waals surface area contributed by atoms with E-state index >= 15 is 0 Å². The molecule has 5 heteroatoms. The van der Waals surface area contributed by atoms with Crippen LogP contribution in [0, 0.1) is 17.5 Å². The van der Waals surface area contributed by atoms with Crippen molar-refractivity contribution in [1.82, 2.24) is 0 Å². The van der Waals surface area contributed by atoms with Crippen molar-refractivity contribution >= 4 is 11.6 Å². The van der Waals surface area contributed by atoms with Crippen molar-refractivity contribution in [3.63, 3.8) is 0 Å². The lowest BCUT2D eigenvalue weighted by molar-refractivity contribution is 0.176. The summed E-state index contributed by atoms with van der Waals surface area (Å²) in [5.41, 5.74) is 0.305. The normalized spacial score (nSPS) is 12.5. The Labute approximate surface area is 113 Å². The first-order valence-corrected chi connectivity index (χ1v) is 5.92. The van der Waals surface area contributed by atoms with E-state index in [1.54, 1.807) is 6.07 Å². The van der Waals surface area contributed by atoms with Crippen molar-refractivity contribution in [3.05, 3.63) is 70.0 Å². The first-order valence-electron chi connectivity index (χ1n) is 5.55. The fraction of sp³-hybridized carbons (Fsp3) is 0.143. The second kappa shape index (κ2) is 5.63. The Morgan fingerprint density at radius 3 is 2.32 bits per heavy atom. The van der Waals surface area contributed by atoms with Crippen molar-refractivity contribution in [2.45, 2.75) is 12.5 Å². The smallest absolute Gasteiger partial charge is 0.160 e. The SMILES string of the molecule is OC(Cc1ccccc1F)c1cc(F)c(F)cc1Cl. The molecule has 1 nitrogen and oxygen atoms in total. The lowest BCUT2D eigenvalue weighted by Gasteiger charge is -2.13. The molecule has 0 aliphatic rings. The molecule has 1 atom stereocenters. The Morgan fingerprint density at radius 1 is 1.00 bits per heavy atom. The Bertz CT molecular complexity index is 601. The fourth-order valence-corrected chi connectivity index (χ4v) is 2.05. The summed E-state index contributed by atoms with van der Waals surface area (Å²) in [4.78, 5) is 0. The number of benzene rings is 2. The number of aliphatic hydroxyl groups excluding tert-OH is 1. The molecule has 2 aromatic rings. The summed E-state index contributed by atoms with van der Waals surface area (Å²) in [5.74, 6) is -2.67. The third-order valence-corrected chi connectivity index (χ3v) is 3.10. The molecule has 2 rings (SSSR count). The van der Waals surface area contributed by atoms with Crippen LogP contribution >= 0.6 is 11.6 Å². The van der Waals surface area contributed by atoms with Crippen molar-refractivity contribution in [2.24, 2.45) is 0 Å². The van der Waals surface area contributed by atoms with Crippen molar-refractivity contribution in [2.75, 3.05) is 0 Å². The number of rotatable bonds is 3. The zero-order chi connectivity index (χ0) is 14.0. The maximum Gasteiger partial charge on any atom is 0.160 e. The van der Waals surface area contributed by atoms with Gasteiger partial charge in [0.2, 0.25) is 0 Å². The number of halogens is 4. The zero-order valence-electron chi connectivity index (χ0n) is 9.71. The van der Waals surface area contributed by atoms with Gasteiger partial charge in [-0.2, -0.15) is 0 Å². The lowest BCUT2D eigenvalue weighted by atomic mass is 10.0. The molecular formula is C14H10ClF3O. The van der Waals surface area contributed by atoms with Gasteiger partial charge < -0.3 is 5.11 Å². The summed E-state index contributed by atoms with van der Waals surface area (Å²) in [6, 6.07) is 7.52. The highest BCUT2D eigenvalue weighted by Gasteiger charge is 2.17. The Kier molecular flexibility index (Phi) is 4.12. The summed E-state index contributed by atoms with van der Waals surface area (Å²) in [5, 5.41) is 9.86. The van der Waals surface area contributed by atoms with Gasteiger partial charge >= 0.3 is 0 Å². The number of aliphatic hydroxyl groups is 1. The monoisotopic (exact) mass is 286 g/mol. The van der Waals surface area contributed by atoms with Crippen LogP contribution in [0.25, 0.3) is 0 Å². The van der Waals surface area contributed by atoms with E-state index in [2.05, 4.69) is 0 Å². The highest BCUT2D eigenvalue weighted by Crippen LogP contribution is 2.28. The molecule has 0 spiro atoms. The van der Waals surface area contributed by atoms with Gasteiger partial charge in [0.05, 0.1) is 6.10 Å². The molecule has 2 aromatic carbocycles. The van der Waals surface area contributed by atoms with Crippen LogP contribution in [0.15, 0.2) is 36.4 Å². The average Bonchev–Trinajstić information content (AvgIpc) is 2.36. The molecule has 0 heterocycles. The van der Waals surface area contributed by atoms with Crippen LogP contribution in [-0.4, -0.2) is 5.11 Å². The molecule has 0 radical (unpaired) electrons. The van der Waals surface area contributed by atoms with E-state index in [0.29, 0.717) is 0 Å². The molecular weight excluding hydrogens is 277 g/mol. The maximum absolute atomic E-state index is 13.4. The van der Waals surface area contributed by atoms with Crippen LogP contribution in [0.3, 0.4) is 0 Å². The third-order valence-electron chi connectivity index (χ3n) is 2.77. The summed E-state index contributed by atoms with van der Waals surface area (Å²) in [6.45, 7) is 0. The van der Waals surface area contributed by atoms with E-state index in [-0.39, 0.29) is 22.6 Å². The standard InChI is InChI=1S/C14H10ClF3O/c15-10-7-13(18)12(17)6-9(10)14(19)5-8-3-1-2-4-11(8)16/h1-4,6-7,14,19H,5H2. The van der Waals surface area contributed by atoms with Gasteiger partial charge in [-0.05, 0) is 23.8 Å². The van der Waals surface area contributed by atoms with E-state index in [1.807, 2.05) is 0 Å². The molecule has 19 heavy (non-hydrogen) atoms. The van der Waals surface area contributed by atoms with E-state index < -0.39 is 23.6 Å². The highest BCUT2D eigenvalue weighted by atomic mass is 35.5. The molecule has 0 saturated carbocycles. The van der Waals surface area contributed by atoms with Crippen molar-refractivity contribution in [3.8, 4) is 0 Å². The predicted octanol–water partition coefficient (Wildman–Crippen LogP) is 4.03. The molecule has 100 valence electrons. The van der Waals surface area contributed by atoms with E-state index in [4.69, 9.17) is 11.6 Å². The minimum atomic E-state index is -1.21. The lowest BCUT2D eigenvalue weighted by Crippen LogP contribution is -2.05. The number of hydrogen-bond donors (Lipinski definition) is 1. The summed E-state index contributed by atoms with van der Waals surface area (Å²) >= 11 is 5.74. The van der Waals surface area contributed by atoms with Crippen molar-refractivity contribution in [1.29, 1.82) is 0 Å². The summed E-state index contributed by atoms with van der Waals surface area (Å²) in [6.07, 6.45) is -1.28. The van der Waals surface area contributed by atoms with Crippen molar-refractivity contribution < 1.29 is 18.3 Å². The first-order chi connectivity index (χ1) is 8.99. The highest BCUT2D eigenvalue weighted by molar-refractivity contribution is 6.31. The van der Waals surface area contributed by atoms with Crippen LogP contribution in [-0.2, 0) is 6.42 Å². The average molecular weight is 287 g/mol. The van der Waals surface area contributed by atoms with E-state index in [0.717, 1.165) is 12.1 Å². The quantitative estimate of drug-likeness (QED) is 0.845. The van der Waals surface area contributed by atoms with E-state index in [1.165, 1.54) is 18.2 Å². The summed E-state index contributed by atoms with van der Waals surface area (Å²) < 4.78 is 39.5. The van der Waals surface area contributed by atoms with Gasteiger partial charge in [-0.25, -0.2) is 13.2 Å². The topological polar surface area (TPSA) is 20.2 Å². The second-order valence-electron chi connectivity index (χ2n) is 4.10. The summed E-state index contributed by atoms with van der Waals surface area (Å²) in [7, 11) is 0. The van der Waals surface area contributed by atoms with Crippen LogP contribution in [0.1, 0.15) is 17.2 Å². The van der Waals surface area contributed by atoms with E-state index in [9.17, 15) is 18.3 Å². The maximum atomic E-state index is 13.4. The first kappa shape index (κ1) is 13.9. The van der Waals surface area contributed by atoms with Crippen LogP contribution in [0.5, 0.6) is 0 Å². The zero-order valence-corrected chi connectivity index (χ0v) is 10.5. The van der Waals surface area contributed by atoms with Gasteiger partial charge in [0, 0.05) is 17.0 Å². The molecule has 0 fully saturated rings. The molecule has 1 unspecified atom stereocenters. The Balaban J connectivity index is 2.28. The molecule has 0 bridgehead atoms. The third kappa shape index (κ3) is 3.08. The minimum Gasteiger partial charge on any atom is -0.388 e. The van der Waals surface area contributed by atoms with Crippen LogP contribution in [0.4, 0.5) is 13.2 Å².